The van der Waals surface area contributed by atoms with Crippen molar-refractivity contribution in [2.24, 2.45) is 5.92 Å². The predicted molar refractivity (Wildman–Crippen MR) is 131 cm³/mol. The minimum absolute atomic E-state index is 0.382. The standard InChI is InChI=1S/C28H40O4/c1-4-6-7-8-9-10-11-12-21-30-25-15-13-24(14-16-25)28(29)32-27-19-17-26(18-20-27)31-22-23(3)5-2/h13-20,23H,4-12,21-22H2,1-3H3/t23-/m0/s1. The van der Waals surface area contributed by atoms with Gasteiger partial charge in [-0.3, -0.25) is 0 Å². The molecule has 0 saturated heterocycles. The SMILES string of the molecule is CCCCCCCCCCOc1ccc(C(=O)Oc2ccc(OC[C@@H](C)CC)cc2)cc1. The molecule has 0 N–H and O–H groups in total. The fourth-order valence-electron chi connectivity index (χ4n) is 3.24. The van der Waals surface area contributed by atoms with Crippen molar-refractivity contribution in [2.75, 3.05) is 13.2 Å². The van der Waals surface area contributed by atoms with E-state index in [1.807, 2.05) is 24.3 Å². The Balaban J connectivity index is 1.67. The molecule has 0 aliphatic heterocycles. The highest BCUT2D eigenvalue weighted by atomic mass is 16.5. The molecule has 0 aromatic heterocycles. The Hall–Kier alpha value is -2.49. The van der Waals surface area contributed by atoms with Crippen LogP contribution in [0.1, 0.15) is 88.9 Å². The van der Waals surface area contributed by atoms with E-state index < -0.39 is 0 Å². The first-order valence-corrected chi connectivity index (χ1v) is 12.3. The lowest BCUT2D eigenvalue weighted by Gasteiger charge is -2.11. The van der Waals surface area contributed by atoms with Gasteiger partial charge in [-0.15, -0.1) is 0 Å². The van der Waals surface area contributed by atoms with Crippen LogP contribution in [-0.4, -0.2) is 19.2 Å². The van der Waals surface area contributed by atoms with E-state index in [-0.39, 0.29) is 5.97 Å². The summed E-state index contributed by atoms with van der Waals surface area (Å²) in [6, 6.07) is 14.3. The molecule has 0 spiro atoms. The number of esters is 1. The van der Waals surface area contributed by atoms with E-state index in [4.69, 9.17) is 14.2 Å². The van der Waals surface area contributed by atoms with Gasteiger partial charge in [0, 0.05) is 0 Å². The average Bonchev–Trinajstić information content (AvgIpc) is 2.82. The summed E-state index contributed by atoms with van der Waals surface area (Å²) in [5.41, 5.74) is 0.501. The van der Waals surface area contributed by atoms with E-state index in [2.05, 4.69) is 20.8 Å². The Morgan fingerprint density at radius 3 is 1.88 bits per heavy atom. The van der Waals surface area contributed by atoms with Crippen LogP contribution in [0.15, 0.2) is 48.5 Å². The van der Waals surface area contributed by atoms with Crippen molar-refractivity contribution in [3.63, 3.8) is 0 Å². The first-order valence-electron chi connectivity index (χ1n) is 12.3. The zero-order chi connectivity index (χ0) is 23.0. The van der Waals surface area contributed by atoms with Gasteiger partial charge in [0.25, 0.3) is 0 Å². The van der Waals surface area contributed by atoms with Gasteiger partial charge in [-0.1, -0.05) is 72.1 Å². The van der Waals surface area contributed by atoms with Gasteiger partial charge < -0.3 is 14.2 Å². The monoisotopic (exact) mass is 440 g/mol. The summed E-state index contributed by atoms with van der Waals surface area (Å²) in [6.45, 7) is 7.94. The summed E-state index contributed by atoms with van der Waals surface area (Å²) in [7, 11) is 0. The van der Waals surface area contributed by atoms with Crippen LogP contribution in [0.2, 0.25) is 0 Å². The van der Waals surface area contributed by atoms with Crippen molar-refractivity contribution in [3.8, 4) is 17.2 Å². The predicted octanol–water partition coefficient (Wildman–Crippen LogP) is 7.85. The van der Waals surface area contributed by atoms with Gasteiger partial charge in [0.15, 0.2) is 0 Å². The maximum atomic E-state index is 12.4. The Labute approximate surface area is 194 Å². The van der Waals surface area contributed by atoms with Crippen LogP contribution in [0, 0.1) is 5.92 Å². The first kappa shape index (κ1) is 25.8. The molecule has 0 aliphatic rings. The van der Waals surface area contributed by atoms with Gasteiger partial charge in [0.05, 0.1) is 18.8 Å². The molecule has 2 aromatic rings. The number of hydrogen-bond donors (Lipinski definition) is 0. The molecule has 4 nitrogen and oxygen atoms in total. The highest BCUT2D eigenvalue weighted by Crippen LogP contribution is 2.20. The second-order valence-corrected chi connectivity index (χ2v) is 8.53. The van der Waals surface area contributed by atoms with Crippen LogP contribution in [0.4, 0.5) is 0 Å². The Bertz CT molecular complexity index is 752. The van der Waals surface area contributed by atoms with Gasteiger partial charge in [-0.05, 0) is 60.9 Å². The molecule has 176 valence electrons. The second-order valence-electron chi connectivity index (χ2n) is 8.53. The Morgan fingerprint density at radius 1 is 0.719 bits per heavy atom. The molecule has 32 heavy (non-hydrogen) atoms. The summed E-state index contributed by atoms with van der Waals surface area (Å²) in [4.78, 5) is 12.4. The van der Waals surface area contributed by atoms with Crippen molar-refractivity contribution < 1.29 is 19.0 Å². The number of carbonyl (C=O) groups is 1. The quantitative estimate of drug-likeness (QED) is 0.151. The van der Waals surface area contributed by atoms with Crippen LogP contribution < -0.4 is 14.2 Å². The van der Waals surface area contributed by atoms with Gasteiger partial charge in [-0.25, -0.2) is 4.79 Å². The fraction of sp³-hybridized carbons (Fsp3) is 0.536. The average molecular weight is 441 g/mol. The molecule has 2 aromatic carbocycles. The maximum absolute atomic E-state index is 12.4. The number of rotatable bonds is 16. The van der Waals surface area contributed by atoms with Crippen LogP contribution >= 0.6 is 0 Å². The van der Waals surface area contributed by atoms with E-state index in [0.717, 1.165) is 24.3 Å². The van der Waals surface area contributed by atoms with Crippen molar-refractivity contribution in [1.82, 2.24) is 0 Å². The number of hydrogen-bond acceptors (Lipinski definition) is 4. The number of carbonyl (C=O) groups excluding carboxylic acids is 1. The molecule has 0 bridgehead atoms. The van der Waals surface area contributed by atoms with Gasteiger partial charge in [-0.2, -0.15) is 0 Å². The molecule has 1 atom stereocenters. The van der Waals surface area contributed by atoms with Crippen LogP contribution in [-0.2, 0) is 0 Å². The molecule has 0 unspecified atom stereocenters. The summed E-state index contributed by atoms with van der Waals surface area (Å²) < 4.78 is 17.0. The smallest absolute Gasteiger partial charge is 0.343 e. The van der Waals surface area contributed by atoms with Crippen LogP contribution in [0.25, 0.3) is 0 Å². The maximum Gasteiger partial charge on any atom is 0.343 e. The largest absolute Gasteiger partial charge is 0.494 e. The molecule has 0 radical (unpaired) electrons. The van der Waals surface area contributed by atoms with E-state index in [9.17, 15) is 4.79 Å². The zero-order valence-corrected chi connectivity index (χ0v) is 20.1. The van der Waals surface area contributed by atoms with E-state index in [1.54, 1.807) is 24.3 Å². The molecular formula is C28H40O4. The van der Waals surface area contributed by atoms with E-state index in [0.29, 0.717) is 30.4 Å². The van der Waals surface area contributed by atoms with E-state index >= 15 is 0 Å². The molecule has 0 amide bonds. The van der Waals surface area contributed by atoms with Gasteiger partial charge in [0.1, 0.15) is 17.2 Å². The molecule has 0 aliphatic carbocycles. The third kappa shape index (κ3) is 10.2. The molecule has 2 rings (SSSR count). The first-order chi connectivity index (χ1) is 15.6. The van der Waals surface area contributed by atoms with Crippen molar-refractivity contribution in [3.05, 3.63) is 54.1 Å². The van der Waals surface area contributed by atoms with Crippen molar-refractivity contribution in [2.45, 2.75) is 78.6 Å². The lowest BCUT2D eigenvalue weighted by molar-refractivity contribution is 0.0734. The highest BCUT2D eigenvalue weighted by Gasteiger charge is 2.09. The Kier molecular flexibility index (Phi) is 12.3. The van der Waals surface area contributed by atoms with Crippen LogP contribution in [0.3, 0.4) is 0 Å². The minimum Gasteiger partial charge on any atom is -0.494 e. The lowest BCUT2D eigenvalue weighted by atomic mass is 10.1. The third-order valence-electron chi connectivity index (χ3n) is 5.62. The number of benzene rings is 2. The van der Waals surface area contributed by atoms with Crippen molar-refractivity contribution in [1.29, 1.82) is 0 Å². The fourth-order valence-corrected chi connectivity index (χ4v) is 3.24. The molecule has 0 saturated carbocycles. The number of unbranched alkanes of at least 4 members (excludes halogenated alkanes) is 7. The third-order valence-corrected chi connectivity index (χ3v) is 5.62. The normalized spacial score (nSPS) is 11.7. The summed E-state index contributed by atoms with van der Waals surface area (Å²) >= 11 is 0. The molecule has 0 fully saturated rings. The zero-order valence-electron chi connectivity index (χ0n) is 20.1. The molecule has 0 heterocycles. The lowest BCUT2D eigenvalue weighted by Crippen LogP contribution is -2.09. The Morgan fingerprint density at radius 2 is 1.25 bits per heavy atom. The summed E-state index contributed by atoms with van der Waals surface area (Å²) in [5.74, 6) is 2.20. The summed E-state index contributed by atoms with van der Waals surface area (Å²) in [5, 5.41) is 0. The van der Waals surface area contributed by atoms with Crippen LogP contribution in [0.5, 0.6) is 17.2 Å². The topological polar surface area (TPSA) is 44.8 Å². The second kappa shape index (κ2) is 15.3. The van der Waals surface area contributed by atoms with E-state index in [1.165, 1.54) is 44.9 Å². The van der Waals surface area contributed by atoms with Gasteiger partial charge in [0.2, 0.25) is 0 Å². The van der Waals surface area contributed by atoms with Crippen molar-refractivity contribution >= 4 is 5.97 Å². The molecular weight excluding hydrogens is 400 g/mol. The van der Waals surface area contributed by atoms with Gasteiger partial charge >= 0.3 is 5.97 Å². The highest BCUT2D eigenvalue weighted by molar-refractivity contribution is 5.91. The molecule has 4 heteroatoms. The number of ether oxygens (including phenoxy) is 3. The minimum atomic E-state index is -0.382. The summed E-state index contributed by atoms with van der Waals surface area (Å²) in [6.07, 6.45) is 11.3.